The Labute approximate surface area is 150 Å². The summed E-state index contributed by atoms with van der Waals surface area (Å²) in [5, 5.41) is 1.96. The van der Waals surface area contributed by atoms with Crippen LogP contribution in [-0.4, -0.2) is 43.1 Å². The average molecular weight is 371 g/mol. The first-order chi connectivity index (χ1) is 11.9. The van der Waals surface area contributed by atoms with E-state index in [0.29, 0.717) is 11.3 Å². The van der Waals surface area contributed by atoms with E-state index in [1.165, 1.54) is 0 Å². The van der Waals surface area contributed by atoms with Crippen molar-refractivity contribution in [1.82, 2.24) is 5.32 Å². The van der Waals surface area contributed by atoms with E-state index in [-0.39, 0.29) is 13.0 Å². The zero-order valence-corrected chi connectivity index (χ0v) is 15.1. The Balaban J connectivity index is 1.75. The number of fused-ring (bicyclic) bond motifs is 1. The van der Waals surface area contributed by atoms with Crippen molar-refractivity contribution in [2.24, 2.45) is 0 Å². The van der Waals surface area contributed by atoms with E-state index in [9.17, 15) is 18.0 Å². The summed E-state index contributed by atoms with van der Waals surface area (Å²) in [6, 6.07) is 4.61. The van der Waals surface area contributed by atoms with Gasteiger partial charge in [0.05, 0.1) is 17.2 Å². The van der Waals surface area contributed by atoms with Crippen molar-refractivity contribution >= 4 is 18.5 Å². The summed E-state index contributed by atoms with van der Waals surface area (Å²) in [4.78, 5) is 11.1. The summed E-state index contributed by atoms with van der Waals surface area (Å²) in [7, 11) is -0.574. The monoisotopic (exact) mass is 371 g/mol. The van der Waals surface area contributed by atoms with Crippen molar-refractivity contribution in [1.29, 1.82) is 0 Å². The second-order valence-corrected chi connectivity index (χ2v) is 7.64. The molecule has 26 heavy (non-hydrogen) atoms. The van der Waals surface area contributed by atoms with E-state index in [2.05, 4.69) is 0 Å². The van der Waals surface area contributed by atoms with Gasteiger partial charge >= 0.3 is 19.2 Å². The molecule has 0 aromatic heterocycles. The first-order valence-corrected chi connectivity index (χ1v) is 8.38. The second kappa shape index (κ2) is 6.16. The Morgan fingerprint density at radius 2 is 1.81 bits per heavy atom. The minimum Gasteiger partial charge on any atom is -0.491 e. The lowest BCUT2D eigenvalue weighted by Gasteiger charge is -2.32. The van der Waals surface area contributed by atoms with Gasteiger partial charge in [0.25, 0.3) is 0 Å². The number of amides is 1. The molecule has 0 aliphatic carbocycles. The number of halogens is 3. The number of benzene rings is 1. The van der Waals surface area contributed by atoms with Crippen LogP contribution in [-0.2, 0) is 20.5 Å². The molecule has 1 atom stereocenters. The van der Waals surface area contributed by atoms with Gasteiger partial charge < -0.3 is 19.4 Å². The number of ether oxygens (including phenoxy) is 1. The van der Waals surface area contributed by atoms with Crippen molar-refractivity contribution in [3.63, 3.8) is 0 Å². The fourth-order valence-electron chi connectivity index (χ4n) is 2.90. The third-order valence-electron chi connectivity index (χ3n) is 5.11. The highest BCUT2D eigenvalue weighted by Crippen LogP contribution is 2.37. The summed E-state index contributed by atoms with van der Waals surface area (Å²) in [6.07, 6.45) is -4.67. The van der Waals surface area contributed by atoms with Crippen molar-refractivity contribution in [2.75, 3.05) is 6.61 Å². The number of rotatable bonds is 2. The number of alkyl halides is 3. The quantitative estimate of drug-likeness (QED) is 0.808. The van der Waals surface area contributed by atoms with Crippen LogP contribution in [0, 0.1) is 0 Å². The zero-order chi connectivity index (χ0) is 19.3. The van der Waals surface area contributed by atoms with Gasteiger partial charge in [0.15, 0.2) is 0 Å². The fraction of sp³-hybridized carbons (Fsp3) is 0.588. The Bertz CT molecular complexity index is 704. The maximum absolute atomic E-state index is 12.4. The van der Waals surface area contributed by atoms with E-state index in [0.717, 1.165) is 5.46 Å². The molecule has 0 bridgehead atoms. The topological polar surface area (TPSA) is 56.8 Å². The zero-order valence-electron chi connectivity index (χ0n) is 15.1. The Hall–Kier alpha value is -1.74. The normalized spacial score (nSPS) is 24.0. The SMILES string of the molecule is CC1(C)OB(c2ccc3c(c2)CC(NC(=O)C(F)(F)F)CO3)OC1(C)C. The van der Waals surface area contributed by atoms with Gasteiger partial charge in [0, 0.05) is 0 Å². The van der Waals surface area contributed by atoms with Crippen LogP contribution in [0.15, 0.2) is 18.2 Å². The minimum atomic E-state index is -4.91. The average Bonchev–Trinajstić information content (AvgIpc) is 2.74. The van der Waals surface area contributed by atoms with E-state index >= 15 is 0 Å². The van der Waals surface area contributed by atoms with Gasteiger partial charge in [-0.05, 0) is 51.2 Å². The van der Waals surface area contributed by atoms with Crippen LogP contribution in [0.5, 0.6) is 5.75 Å². The molecule has 142 valence electrons. The molecular weight excluding hydrogens is 350 g/mol. The second-order valence-electron chi connectivity index (χ2n) is 7.64. The van der Waals surface area contributed by atoms with Gasteiger partial charge in [-0.1, -0.05) is 12.1 Å². The molecule has 3 rings (SSSR count). The Morgan fingerprint density at radius 1 is 1.19 bits per heavy atom. The van der Waals surface area contributed by atoms with Crippen LogP contribution in [0.1, 0.15) is 33.3 Å². The number of hydrogen-bond donors (Lipinski definition) is 1. The molecule has 1 saturated heterocycles. The van der Waals surface area contributed by atoms with Crippen LogP contribution >= 0.6 is 0 Å². The molecule has 1 fully saturated rings. The van der Waals surface area contributed by atoms with Crippen LogP contribution in [0.3, 0.4) is 0 Å². The van der Waals surface area contributed by atoms with Crippen molar-refractivity contribution in [3.05, 3.63) is 23.8 Å². The third kappa shape index (κ3) is 3.55. The van der Waals surface area contributed by atoms with Crippen molar-refractivity contribution < 1.29 is 32.0 Å². The minimum absolute atomic E-state index is 0.00927. The van der Waals surface area contributed by atoms with Crippen LogP contribution < -0.4 is 15.5 Å². The van der Waals surface area contributed by atoms with Gasteiger partial charge in [-0.15, -0.1) is 0 Å². The number of nitrogens with one attached hydrogen (secondary N) is 1. The first-order valence-electron chi connectivity index (χ1n) is 8.38. The maximum Gasteiger partial charge on any atom is 0.494 e. The molecule has 1 aromatic carbocycles. The fourth-order valence-corrected chi connectivity index (χ4v) is 2.90. The van der Waals surface area contributed by atoms with Gasteiger partial charge in [-0.2, -0.15) is 13.2 Å². The molecule has 1 aromatic rings. The molecule has 1 amide bonds. The highest BCUT2D eigenvalue weighted by Gasteiger charge is 2.51. The van der Waals surface area contributed by atoms with Crippen LogP contribution in [0.25, 0.3) is 0 Å². The summed E-state index contributed by atoms with van der Waals surface area (Å²) in [5.41, 5.74) is 0.477. The lowest BCUT2D eigenvalue weighted by Crippen LogP contribution is -2.48. The summed E-state index contributed by atoms with van der Waals surface area (Å²) < 4.78 is 54.8. The molecule has 1 unspecified atom stereocenters. The summed E-state index contributed by atoms with van der Waals surface area (Å²) in [6.45, 7) is 7.76. The van der Waals surface area contributed by atoms with E-state index < -0.39 is 36.4 Å². The molecule has 0 radical (unpaired) electrons. The lowest BCUT2D eigenvalue weighted by molar-refractivity contribution is -0.174. The van der Waals surface area contributed by atoms with E-state index in [4.69, 9.17) is 14.0 Å². The van der Waals surface area contributed by atoms with Crippen molar-refractivity contribution in [3.8, 4) is 5.75 Å². The molecule has 1 N–H and O–H groups in total. The first kappa shape index (κ1) is 19.0. The molecule has 2 aliphatic heterocycles. The van der Waals surface area contributed by atoms with Gasteiger partial charge in [0.1, 0.15) is 12.4 Å². The largest absolute Gasteiger partial charge is 0.494 e. The molecule has 2 aliphatic rings. The number of hydrogen-bond acceptors (Lipinski definition) is 4. The summed E-state index contributed by atoms with van der Waals surface area (Å²) >= 11 is 0. The third-order valence-corrected chi connectivity index (χ3v) is 5.11. The molecular formula is C17H21BF3NO4. The maximum atomic E-state index is 12.4. The van der Waals surface area contributed by atoms with Gasteiger partial charge in [-0.25, -0.2) is 0 Å². The Kier molecular flexibility index (Phi) is 4.51. The van der Waals surface area contributed by atoms with E-state index in [1.807, 2.05) is 39.1 Å². The molecule has 0 saturated carbocycles. The number of carbonyl (C=O) groups excluding carboxylic acids is 1. The van der Waals surface area contributed by atoms with Crippen LogP contribution in [0.4, 0.5) is 13.2 Å². The molecule has 9 heteroatoms. The smallest absolute Gasteiger partial charge is 0.491 e. The highest BCUT2D eigenvalue weighted by molar-refractivity contribution is 6.62. The van der Waals surface area contributed by atoms with Gasteiger partial charge in [-0.3, -0.25) is 4.79 Å². The van der Waals surface area contributed by atoms with E-state index in [1.54, 1.807) is 12.1 Å². The number of carbonyl (C=O) groups is 1. The predicted molar refractivity (Wildman–Crippen MR) is 89.3 cm³/mol. The summed E-state index contributed by atoms with van der Waals surface area (Å²) in [5.74, 6) is -1.38. The predicted octanol–water partition coefficient (Wildman–Crippen LogP) is 1.97. The highest BCUT2D eigenvalue weighted by atomic mass is 19.4. The van der Waals surface area contributed by atoms with Gasteiger partial charge in [0.2, 0.25) is 0 Å². The van der Waals surface area contributed by atoms with Crippen molar-refractivity contribution in [2.45, 2.75) is 57.5 Å². The van der Waals surface area contributed by atoms with Crippen LogP contribution in [0.2, 0.25) is 0 Å². The molecule has 2 heterocycles. The Morgan fingerprint density at radius 3 is 2.38 bits per heavy atom. The lowest BCUT2D eigenvalue weighted by atomic mass is 9.77. The molecule has 0 spiro atoms. The molecule has 5 nitrogen and oxygen atoms in total. The standard InChI is InChI=1S/C17H21BF3NO4/c1-15(2)16(3,4)26-18(25-15)11-5-6-13-10(7-11)8-12(9-24-13)22-14(23)17(19,20)21/h5-7,12H,8-9H2,1-4H3,(H,22,23).